The zero-order valence-corrected chi connectivity index (χ0v) is 11.0. The summed E-state index contributed by atoms with van der Waals surface area (Å²) in [4.78, 5) is 6.90. The Labute approximate surface area is 104 Å². The summed E-state index contributed by atoms with van der Waals surface area (Å²) in [5.74, 6) is 1.13. The molecule has 1 fully saturated rings. The maximum absolute atomic E-state index is 4.33. The summed E-state index contributed by atoms with van der Waals surface area (Å²) >= 11 is 0. The number of nitrogens with one attached hydrogen (secondary N) is 1. The molecule has 2 heterocycles. The second-order valence-electron chi connectivity index (χ2n) is 4.95. The molecule has 0 unspecified atom stereocenters. The summed E-state index contributed by atoms with van der Waals surface area (Å²) in [5.41, 5.74) is 0. The molecule has 1 aromatic heterocycles. The van der Waals surface area contributed by atoms with E-state index in [1.165, 1.54) is 38.9 Å². The number of hydrogen-bond donors (Lipinski definition) is 1. The van der Waals surface area contributed by atoms with E-state index in [9.17, 15) is 0 Å². The lowest BCUT2D eigenvalue weighted by Crippen LogP contribution is -2.42. The minimum absolute atomic E-state index is 0.666. The molecule has 0 spiro atoms. The third-order valence-electron chi connectivity index (χ3n) is 3.60. The van der Waals surface area contributed by atoms with E-state index >= 15 is 0 Å². The fourth-order valence-electron chi connectivity index (χ4n) is 2.48. The molecule has 1 aromatic rings. The molecule has 1 N–H and O–H groups in total. The highest BCUT2D eigenvalue weighted by Crippen LogP contribution is 2.11. The Bertz CT molecular complexity index is 326. The Morgan fingerprint density at radius 1 is 1.41 bits per heavy atom. The third-order valence-corrected chi connectivity index (χ3v) is 3.60. The van der Waals surface area contributed by atoms with Gasteiger partial charge in [0.1, 0.15) is 5.82 Å². The Morgan fingerprint density at radius 2 is 2.18 bits per heavy atom. The predicted molar refractivity (Wildman–Crippen MR) is 69.8 cm³/mol. The highest BCUT2D eigenvalue weighted by atomic mass is 15.1. The van der Waals surface area contributed by atoms with E-state index in [-0.39, 0.29) is 0 Å². The van der Waals surface area contributed by atoms with Crippen LogP contribution in [0.5, 0.6) is 0 Å². The topological polar surface area (TPSA) is 33.1 Å². The molecular weight excluding hydrogens is 212 g/mol. The number of rotatable bonds is 5. The first-order valence-corrected chi connectivity index (χ1v) is 6.71. The number of piperidine rings is 1. The van der Waals surface area contributed by atoms with Gasteiger partial charge in [0, 0.05) is 25.5 Å². The summed E-state index contributed by atoms with van der Waals surface area (Å²) in [6.07, 6.45) is 7.67. The van der Waals surface area contributed by atoms with E-state index in [1.807, 2.05) is 19.4 Å². The molecule has 96 valence electrons. The van der Waals surface area contributed by atoms with Gasteiger partial charge in [0.15, 0.2) is 0 Å². The van der Waals surface area contributed by atoms with Gasteiger partial charge in [0.05, 0.1) is 6.54 Å². The summed E-state index contributed by atoms with van der Waals surface area (Å²) in [7, 11) is 2.05. The molecule has 0 amide bonds. The zero-order chi connectivity index (χ0) is 12.1. The van der Waals surface area contributed by atoms with Crippen molar-refractivity contribution in [3.05, 3.63) is 18.2 Å². The SMILES string of the molecule is CCCN1CCC(NCc2nccn2C)CC1. The van der Waals surface area contributed by atoms with E-state index in [0.717, 1.165) is 12.4 Å². The van der Waals surface area contributed by atoms with Crippen molar-refractivity contribution in [3.63, 3.8) is 0 Å². The Morgan fingerprint density at radius 3 is 2.76 bits per heavy atom. The van der Waals surface area contributed by atoms with E-state index in [0.29, 0.717) is 6.04 Å². The van der Waals surface area contributed by atoms with Crippen molar-refractivity contribution < 1.29 is 0 Å². The number of aryl methyl sites for hydroxylation is 1. The lowest BCUT2D eigenvalue weighted by molar-refractivity contribution is 0.197. The van der Waals surface area contributed by atoms with Gasteiger partial charge in [-0.25, -0.2) is 4.98 Å². The Kier molecular flexibility index (Phi) is 4.57. The van der Waals surface area contributed by atoms with E-state index in [2.05, 4.69) is 26.7 Å². The molecule has 1 saturated heterocycles. The third kappa shape index (κ3) is 3.54. The minimum Gasteiger partial charge on any atom is -0.337 e. The maximum Gasteiger partial charge on any atom is 0.122 e. The van der Waals surface area contributed by atoms with Crippen molar-refractivity contribution in [2.24, 2.45) is 7.05 Å². The monoisotopic (exact) mass is 236 g/mol. The van der Waals surface area contributed by atoms with Crippen LogP contribution in [0, 0.1) is 0 Å². The van der Waals surface area contributed by atoms with Crippen LogP contribution < -0.4 is 5.32 Å². The highest BCUT2D eigenvalue weighted by Gasteiger charge is 2.18. The second kappa shape index (κ2) is 6.17. The van der Waals surface area contributed by atoms with Crippen LogP contribution in [0.1, 0.15) is 32.0 Å². The molecule has 0 aliphatic carbocycles. The van der Waals surface area contributed by atoms with Gasteiger partial charge in [0.2, 0.25) is 0 Å². The lowest BCUT2D eigenvalue weighted by Gasteiger charge is -2.32. The molecule has 1 aliphatic rings. The largest absolute Gasteiger partial charge is 0.337 e. The van der Waals surface area contributed by atoms with Crippen LogP contribution in [-0.2, 0) is 13.6 Å². The van der Waals surface area contributed by atoms with Crippen molar-refractivity contribution in [3.8, 4) is 0 Å². The molecular formula is C13H24N4. The van der Waals surface area contributed by atoms with Crippen LogP contribution in [0.15, 0.2) is 12.4 Å². The number of likely N-dealkylation sites (tertiary alicyclic amines) is 1. The predicted octanol–water partition coefficient (Wildman–Crippen LogP) is 1.38. The molecule has 0 aromatic carbocycles. The fourth-order valence-corrected chi connectivity index (χ4v) is 2.48. The summed E-state index contributed by atoms with van der Waals surface area (Å²) in [6.45, 7) is 6.89. The molecule has 0 saturated carbocycles. The van der Waals surface area contributed by atoms with Crippen LogP contribution in [0.4, 0.5) is 0 Å². The van der Waals surface area contributed by atoms with Gasteiger partial charge < -0.3 is 14.8 Å². The molecule has 17 heavy (non-hydrogen) atoms. The summed E-state index contributed by atoms with van der Waals surface area (Å²) < 4.78 is 2.08. The highest BCUT2D eigenvalue weighted by molar-refractivity contribution is 4.91. The van der Waals surface area contributed by atoms with Crippen LogP contribution in [0.3, 0.4) is 0 Å². The van der Waals surface area contributed by atoms with Gasteiger partial charge >= 0.3 is 0 Å². The van der Waals surface area contributed by atoms with Crippen molar-refractivity contribution >= 4 is 0 Å². The minimum atomic E-state index is 0.666. The first-order chi connectivity index (χ1) is 8.29. The van der Waals surface area contributed by atoms with Crippen LogP contribution in [0.2, 0.25) is 0 Å². The quantitative estimate of drug-likeness (QED) is 0.838. The average molecular weight is 236 g/mol. The fraction of sp³-hybridized carbons (Fsp3) is 0.769. The van der Waals surface area contributed by atoms with Gasteiger partial charge in [-0.2, -0.15) is 0 Å². The van der Waals surface area contributed by atoms with E-state index in [1.54, 1.807) is 0 Å². The smallest absolute Gasteiger partial charge is 0.122 e. The van der Waals surface area contributed by atoms with Gasteiger partial charge in [-0.1, -0.05) is 6.92 Å². The first kappa shape index (κ1) is 12.6. The number of hydrogen-bond acceptors (Lipinski definition) is 3. The molecule has 4 heteroatoms. The Balaban J connectivity index is 1.70. The number of nitrogens with zero attached hydrogens (tertiary/aromatic N) is 3. The van der Waals surface area contributed by atoms with E-state index < -0.39 is 0 Å². The molecule has 1 aliphatic heterocycles. The first-order valence-electron chi connectivity index (χ1n) is 6.71. The molecule has 0 atom stereocenters. The maximum atomic E-state index is 4.33. The molecule has 4 nitrogen and oxygen atoms in total. The second-order valence-corrected chi connectivity index (χ2v) is 4.95. The van der Waals surface area contributed by atoms with Crippen molar-refractivity contribution in [2.45, 2.75) is 38.8 Å². The van der Waals surface area contributed by atoms with Crippen molar-refractivity contribution in [2.75, 3.05) is 19.6 Å². The van der Waals surface area contributed by atoms with Gasteiger partial charge in [0.25, 0.3) is 0 Å². The molecule has 0 radical (unpaired) electrons. The lowest BCUT2D eigenvalue weighted by atomic mass is 10.0. The number of imidazole rings is 1. The van der Waals surface area contributed by atoms with Crippen LogP contribution in [0.25, 0.3) is 0 Å². The number of aromatic nitrogens is 2. The average Bonchev–Trinajstić information content (AvgIpc) is 2.75. The standard InChI is InChI=1S/C13H24N4/c1-3-7-17-8-4-12(5-9-17)15-11-13-14-6-10-16(13)2/h6,10,12,15H,3-5,7-9,11H2,1-2H3. The molecule has 0 bridgehead atoms. The summed E-state index contributed by atoms with van der Waals surface area (Å²) in [5, 5.41) is 3.62. The van der Waals surface area contributed by atoms with Gasteiger partial charge in [-0.3, -0.25) is 0 Å². The van der Waals surface area contributed by atoms with Gasteiger partial charge in [-0.05, 0) is 38.9 Å². The normalized spacial score (nSPS) is 18.7. The Hall–Kier alpha value is -0.870. The van der Waals surface area contributed by atoms with Crippen molar-refractivity contribution in [1.29, 1.82) is 0 Å². The van der Waals surface area contributed by atoms with Gasteiger partial charge in [-0.15, -0.1) is 0 Å². The van der Waals surface area contributed by atoms with Crippen LogP contribution in [-0.4, -0.2) is 40.1 Å². The summed E-state index contributed by atoms with van der Waals surface area (Å²) in [6, 6.07) is 0.666. The zero-order valence-electron chi connectivity index (χ0n) is 11.0. The van der Waals surface area contributed by atoms with Crippen molar-refractivity contribution in [1.82, 2.24) is 19.8 Å². The van der Waals surface area contributed by atoms with E-state index in [4.69, 9.17) is 0 Å². The van der Waals surface area contributed by atoms with Crippen LogP contribution >= 0.6 is 0 Å². The molecule has 2 rings (SSSR count).